The second-order valence-electron chi connectivity index (χ2n) is 7.49. The van der Waals surface area contributed by atoms with E-state index in [1.54, 1.807) is 55.5 Å². The van der Waals surface area contributed by atoms with Crippen molar-refractivity contribution in [1.29, 1.82) is 0 Å². The molecule has 0 atom stereocenters. The Morgan fingerprint density at radius 3 is 2.16 bits per heavy atom. The van der Waals surface area contributed by atoms with Gasteiger partial charge in [-0.25, -0.2) is 4.39 Å². The van der Waals surface area contributed by atoms with E-state index >= 15 is 0 Å². The highest BCUT2D eigenvalue weighted by atomic mass is 19.1. The molecule has 0 aromatic heterocycles. The molecular weight excluding hydrogens is 407 g/mol. The van der Waals surface area contributed by atoms with Gasteiger partial charge in [0.2, 0.25) is 0 Å². The highest BCUT2D eigenvalue weighted by Gasteiger charge is 2.40. The summed E-state index contributed by atoms with van der Waals surface area (Å²) < 4.78 is 18.4. The fraction of sp³-hybridized carbons (Fsp3) is 0.154. The van der Waals surface area contributed by atoms with Crippen LogP contribution in [-0.4, -0.2) is 37.4 Å². The summed E-state index contributed by atoms with van der Waals surface area (Å²) in [6.07, 6.45) is 0.440. The van der Waals surface area contributed by atoms with Crippen LogP contribution in [0.15, 0.2) is 84.6 Å². The van der Waals surface area contributed by atoms with Gasteiger partial charge < -0.3 is 9.64 Å². The average Bonchev–Trinajstić information content (AvgIpc) is 3.08. The molecule has 162 valence electrons. The van der Waals surface area contributed by atoms with Crippen molar-refractivity contribution in [3.8, 4) is 5.75 Å². The molecule has 4 rings (SSSR count). The van der Waals surface area contributed by atoms with Crippen LogP contribution in [0.4, 0.5) is 10.1 Å². The molecule has 0 saturated carbocycles. The van der Waals surface area contributed by atoms with E-state index < -0.39 is 0 Å². The normalized spacial score (nSPS) is 13.7. The van der Waals surface area contributed by atoms with E-state index in [0.717, 1.165) is 11.3 Å². The lowest BCUT2D eigenvalue weighted by Crippen LogP contribution is -2.35. The van der Waals surface area contributed by atoms with Crippen molar-refractivity contribution in [1.82, 2.24) is 4.90 Å². The maximum absolute atomic E-state index is 13.4. The molecule has 2 amide bonds. The number of hydrogen-bond acceptors (Lipinski definition) is 4. The minimum Gasteiger partial charge on any atom is -0.497 e. The van der Waals surface area contributed by atoms with E-state index in [0.29, 0.717) is 29.0 Å². The summed E-state index contributed by atoms with van der Waals surface area (Å²) >= 11 is 0. The molecule has 0 unspecified atom stereocenters. The Hall–Kier alpha value is -3.93. The molecule has 0 N–H and O–H groups in total. The number of carbonyl (C=O) groups excluding carboxylic acids is 2. The monoisotopic (exact) mass is 430 g/mol. The highest BCUT2D eigenvalue weighted by molar-refractivity contribution is 6.36. The smallest absolute Gasteiger partial charge is 0.278 e. The predicted octanol–water partition coefficient (Wildman–Crippen LogP) is 4.29. The number of anilines is 1. The number of para-hydroxylation sites is 1. The number of likely N-dealkylation sites (N-methyl/N-ethyl adjacent to an activating group) is 1. The number of ether oxygens (including phenoxy) is 1. The zero-order chi connectivity index (χ0) is 22.7. The number of imide groups is 1. The Balaban J connectivity index is 1.69. The lowest BCUT2D eigenvalue weighted by Gasteiger charge is -2.21. The maximum Gasteiger partial charge on any atom is 0.278 e. The van der Waals surface area contributed by atoms with Crippen LogP contribution >= 0.6 is 0 Å². The molecule has 0 bridgehead atoms. The van der Waals surface area contributed by atoms with Gasteiger partial charge in [0.1, 0.15) is 17.3 Å². The van der Waals surface area contributed by atoms with Crippen LogP contribution in [-0.2, 0) is 16.0 Å². The summed E-state index contributed by atoms with van der Waals surface area (Å²) in [6.45, 7) is 0.203. The number of halogens is 1. The third-order valence-electron chi connectivity index (χ3n) is 5.54. The summed E-state index contributed by atoms with van der Waals surface area (Å²) in [5.41, 5.74) is 2.97. The SMILES string of the molecule is COc1ccc(C2=C(N(C)c3ccccc3)C(=O)N(CCc3ccc(F)cc3)C2=O)cc1. The fourth-order valence-corrected chi connectivity index (χ4v) is 3.77. The zero-order valence-corrected chi connectivity index (χ0v) is 17.9. The summed E-state index contributed by atoms with van der Waals surface area (Å²) in [5, 5.41) is 0. The van der Waals surface area contributed by atoms with E-state index in [1.165, 1.54) is 17.0 Å². The molecule has 1 aliphatic heterocycles. The minimum absolute atomic E-state index is 0.203. The molecule has 1 heterocycles. The van der Waals surface area contributed by atoms with Gasteiger partial charge in [0.05, 0.1) is 12.7 Å². The van der Waals surface area contributed by atoms with Gasteiger partial charge in [0.25, 0.3) is 11.8 Å². The van der Waals surface area contributed by atoms with Crippen molar-refractivity contribution in [2.75, 3.05) is 25.6 Å². The van der Waals surface area contributed by atoms with Crippen molar-refractivity contribution >= 4 is 23.1 Å². The molecule has 32 heavy (non-hydrogen) atoms. The number of carbonyl (C=O) groups is 2. The molecule has 3 aromatic rings. The molecular formula is C26H23FN2O3. The third-order valence-corrected chi connectivity index (χ3v) is 5.54. The van der Waals surface area contributed by atoms with Crippen LogP contribution in [0.5, 0.6) is 5.75 Å². The van der Waals surface area contributed by atoms with Gasteiger partial charge in [-0.05, 0) is 53.9 Å². The van der Waals surface area contributed by atoms with E-state index in [4.69, 9.17) is 4.74 Å². The number of rotatable bonds is 7. The summed E-state index contributed by atoms with van der Waals surface area (Å²) in [6, 6.07) is 22.6. The van der Waals surface area contributed by atoms with Crippen LogP contribution in [0.1, 0.15) is 11.1 Å². The summed E-state index contributed by atoms with van der Waals surface area (Å²) in [4.78, 5) is 29.9. The maximum atomic E-state index is 13.4. The third kappa shape index (κ3) is 4.12. The largest absolute Gasteiger partial charge is 0.497 e. The number of hydrogen-bond donors (Lipinski definition) is 0. The van der Waals surface area contributed by atoms with Crippen LogP contribution in [0.25, 0.3) is 5.57 Å². The first-order chi connectivity index (χ1) is 15.5. The molecule has 5 nitrogen and oxygen atoms in total. The number of benzene rings is 3. The van der Waals surface area contributed by atoms with Crippen LogP contribution < -0.4 is 9.64 Å². The van der Waals surface area contributed by atoms with Crippen molar-refractivity contribution in [3.05, 3.63) is 102 Å². The lowest BCUT2D eigenvalue weighted by atomic mass is 10.0. The van der Waals surface area contributed by atoms with Crippen molar-refractivity contribution in [2.24, 2.45) is 0 Å². The van der Waals surface area contributed by atoms with E-state index in [2.05, 4.69) is 0 Å². The second-order valence-corrected chi connectivity index (χ2v) is 7.49. The topological polar surface area (TPSA) is 49.9 Å². The van der Waals surface area contributed by atoms with E-state index in [9.17, 15) is 14.0 Å². The van der Waals surface area contributed by atoms with E-state index in [1.807, 2.05) is 30.3 Å². The molecule has 3 aromatic carbocycles. The molecule has 6 heteroatoms. The van der Waals surface area contributed by atoms with Gasteiger partial charge in [-0.15, -0.1) is 0 Å². The first kappa shape index (κ1) is 21.3. The molecule has 0 saturated heterocycles. The standard InChI is InChI=1S/C26H23FN2O3/c1-28(21-6-4-3-5-7-21)24-23(19-10-14-22(32-2)15-11-19)25(30)29(26(24)31)17-16-18-8-12-20(27)13-9-18/h3-15H,16-17H2,1-2H3. The quantitative estimate of drug-likeness (QED) is 0.525. The first-order valence-electron chi connectivity index (χ1n) is 10.3. The Kier molecular flexibility index (Phi) is 6.03. The second kappa shape index (κ2) is 9.06. The molecule has 0 radical (unpaired) electrons. The van der Waals surface area contributed by atoms with E-state index in [-0.39, 0.29) is 24.2 Å². The number of nitrogens with zero attached hydrogens (tertiary/aromatic N) is 2. The predicted molar refractivity (Wildman–Crippen MR) is 122 cm³/mol. The van der Waals surface area contributed by atoms with Crippen LogP contribution in [0.3, 0.4) is 0 Å². The first-order valence-corrected chi connectivity index (χ1v) is 10.3. The van der Waals surface area contributed by atoms with Crippen molar-refractivity contribution in [3.63, 3.8) is 0 Å². The van der Waals surface area contributed by atoms with Gasteiger partial charge >= 0.3 is 0 Å². The van der Waals surface area contributed by atoms with Crippen LogP contribution in [0, 0.1) is 5.82 Å². The molecule has 0 fully saturated rings. The Bertz CT molecular complexity index is 1160. The van der Waals surface area contributed by atoms with Gasteiger partial charge in [-0.3, -0.25) is 14.5 Å². The van der Waals surface area contributed by atoms with Crippen molar-refractivity contribution < 1.29 is 18.7 Å². The molecule has 0 spiro atoms. The summed E-state index contributed by atoms with van der Waals surface area (Å²) in [7, 11) is 3.35. The molecule has 0 aliphatic carbocycles. The van der Waals surface area contributed by atoms with Gasteiger partial charge in [0.15, 0.2) is 0 Å². The summed E-state index contributed by atoms with van der Waals surface area (Å²) in [5.74, 6) is -0.357. The fourth-order valence-electron chi connectivity index (χ4n) is 3.77. The zero-order valence-electron chi connectivity index (χ0n) is 17.9. The molecule has 1 aliphatic rings. The van der Waals surface area contributed by atoms with Gasteiger partial charge in [0, 0.05) is 19.3 Å². The lowest BCUT2D eigenvalue weighted by molar-refractivity contribution is -0.136. The van der Waals surface area contributed by atoms with Gasteiger partial charge in [-0.1, -0.05) is 42.5 Å². The number of methoxy groups -OCH3 is 1. The Morgan fingerprint density at radius 1 is 0.875 bits per heavy atom. The average molecular weight is 430 g/mol. The number of amides is 2. The Labute approximate surface area is 186 Å². The highest BCUT2D eigenvalue weighted by Crippen LogP contribution is 2.34. The Morgan fingerprint density at radius 2 is 1.53 bits per heavy atom. The van der Waals surface area contributed by atoms with Crippen LogP contribution in [0.2, 0.25) is 0 Å². The van der Waals surface area contributed by atoms with Crippen molar-refractivity contribution in [2.45, 2.75) is 6.42 Å². The van der Waals surface area contributed by atoms with Gasteiger partial charge in [-0.2, -0.15) is 0 Å². The minimum atomic E-state index is -0.353.